The van der Waals surface area contributed by atoms with Crippen molar-refractivity contribution in [2.45, 2.75) is 62.7 Å². The molecule has 3 aromatic rings. The molecule has 2 aliphatic heterocycles. The second-order valence-corrected chi connectivity index (χ2v) is 20.3. The monoisotopic (exact) mass is 870 g/mol. The standard InChI is InChI=1S/C39H48FIN8O6/c1-22(2)32(46-38(52)54-7)36(50)48-20-23(3)15-30(48)34-42-18-27(44-34)13-10-25-9-11-26(29(40)17-25)12-14-28-19-43-35(45-28)31-16-24(4)21-49(31)37(51)33(41(5)6)47-39(53)55-8/h9,11,17-19,22-24,30-33H,15-16,20-21H2,1-8H3,(H,42,44)(H,43,45)(H,46,52)(H,47,53)/t23-,24-,30-,31-,32-,33+/m0/s1. The van der Waals surface area contributed by atoms with Gasteiger partial charge in [-0.2, -0.15) is 0 Å². The van der Waals surface area contributed by atoms with Crippen molar-refractivity contribution in [2.24, 2.45) is 17.8 Å². The number of carbonyl (C=O) groups excluding carboxylic acids is 4. The predicted molar refractivity (Wildman–Crippen MR) is 211 cm³/mol. The minimum atomic E-state index is -1.82. The average molecular weight is 871 g/mol. The van der Waals surface area contributed by atoms with Crippen molar-refractivity contribution < 1.29 is 33.0 Å². The van der Waals surface area contributed by atoms with Crippen molar-refractivity contribution >= 4 is 43.8 Å². The summed E-state index contributed by atoms with van der Waals surface area (Å²) in [7, 11) is 2.53. The fourth-order valence-corrected chi connectivity index (χ4v) is 9.05. The summed E-state index contributed by atoms with van der Waals surface area (Å²) in [4.78, 5) is 74.0. The number of ether oxygens (including phenoxy) is 2. The van der Waals surface area contributed by atoms with Crippen molar-refractivity contribution in [1.82, 2.24) is 40.4 Å². The molecule has 2 fully saturated rings. The number of aromatic amines is 2. The number of likely N-dealkylation sites (tertiary alicyclic amines) is 2. The maximum atomic E-state index is 15.2. The Kier molecular flexibility index (Phi) is 13.5. The first-order chi connectivity index (χ1) is 26.2. The number of imidazole rings is 2. The molecule has 5 rings (SSSR count). The molecule has 2 aromatic heterocycles. The number of halogens is 2. The van der Waals surface area contributed by atoms with Crippen LogP contribution in [0.5, 0.6) is 0 Å². The number of hydrogen-bond donors (Lipinski definition) is 4. The van der Waals surface area contributed by atoms with Gasteiger partial charge in [0.2, 0.25) is 5.91 Å². The number of methoxy groups -OCH3 is 2. The second kappa shape index (κ2) is 18.0. The third kappa shape index (κ3) is 9.96. The minimum absolute atomic E-state index is 0.148. The molecule has 2 saturated heterocycles. The maximum absolute atomic E-state index is 15.2. The summed E-state index contributed by atoms with van der Waals surface area (Å²) in [5.41, 5.74) is 1.60. The van der Waals surface area contributed by atoms with E-state index in [-0.39, 0.29) is 47.2 Å². The average Bonchev–Trinajstić information content (AvgIpc) is 3.97. The summed E-state index contributed by atoms with van der Waals surface area (Å²) in [6.07, 6.45) is 3.24. The molecule has 4 N–H and O–H groups in total. The van der Waals surface area contributed by atoms with Gasteiger partial charge in [-0.3, -0.25) is 4.79 Å². The van der Waals surface area contributed by atoms with E-state index in [0.29, 0.717) is 54.5 Å². The van der Waals surface area contributed by atoms with Gasteiger partial charge in [0.1, 0.15) is 17.6 Å². The Morgan fingerprint density at radius 2 is 1.36 bits per heavy atom. The van der Waals surface area contributed by atoms with Crippen LogP contribution in [0.15, 0.2) is 30.6 Å². The molecule has 55 heavy (non-hydrogen) atoms. The Labute approximate surface area is 327 Å². The molecule has 0 spiro atoms. The predicted octanol–water partition coefficient (Wildman–Crippen LogP) is 4.72. The molecule has 0 unspecified atom stereocenters. The Balaban J connectivity index is 1.26. The number of alkyl carbamates (subject to hydrolysis) is 2. The van der Waals surface area contributed by atoms with E-state index in [9.17, 15) is 19.2 Å². The first-order valence-electron chi connectivity index (χ1n) is 17.9. The molecule has 0 radical (unpaired) electrons. The number of nitrogens with zero attached hydrogens (tertiary/aromatic N) is 4. The third-order valence-corrected chi connectivity index (χ3v) is 12.9. The summed E-state index contributed by atoms with van der Waals surface area (Å²) in [5.74, 6) is 12.3. The summed E-state index contributed by atoms with van der Waals surface area (Å²) < 4.78 is 24.1. The third-order valence-electron chi connectivity index (χ3n) is 9.53. The zero-order valence-electron chi connectivity index (χ0n) is 32.3. The van der Waals surface area contributed by atoms with Crippen LogP contribution in [0.1, 0.15) is 86.8 Å². The fourth-order valence-electron chi connectivity index (χ4n) is 6.75. The van der Waals surface area contributed by atoms with Gasteiger partial charge in [0.05, 0.1) is 19.3 Å². The number of amides is 4. The molecule has 1 aromatic carbocycles. The van der Waals surface area contributed by atoms with Gasteiger partial charge in [0.25, 0.3) is 0 Å². The van der Waals surface area contributed by atoms with Crippen molar-refractivity contribution in [3.05, 3.63) is 70.6 Å². The molecule has 0 aliphatic carbocycles. The molecule has 16 heteroatoms. The summed E-state index contributed by atoms with van der Waals surface area (Å²) in [5, 5.41) is 5.37. The van der Waals surface area contributed by atoms with Gasteiger partial charge in [-0.25, -0.2) is 9.78 Å². The van der Waals surface area contributed by atoms with Gasteiger partial charge in [0.15, 0.2) is 0 Å². The van der Waals surface area contributed by atoms with Crippen LogP contribution in [0.25, 0.3) is 0 Å². The molecule has 4 amide bonds. The van der Waals surface area contributed by atoms with Gasteiger partial charge in [-0.05, 0) is 24.2 Å². The Hall–Kier alpha value is -5.10. The quantitative estimate of drug-likeness (QED) is 0.109. The number of hydrogen-bond acceptors (Lipinski definition) is 8. The van der Waals surface area contributed by atoms with Crippen LogP contribution in [0, 0.1) is 47.3 Å². The van der Waals surface area contributed by atoms with Gasteiger partial charge >= 0.3 is 189 Å². The van der Waals surface area contributed by atoms with E-state index >= 15 is 4.39 Å². The number of rotatable bonds is 8. The number of nitrogens with one attached hydrogen (secondary N) is 4. The summed E-state index contributed by atoms with van der Waals surface area (Å²) >= 11 is -1.82. The van der Waals surface area contributed by atoms with E-state index in [1.807, 2.05) is 23.7 Å². The van der Waals surface area contributed by atoms with Crippen LogP contribution >= 0.6 is 19.8 Å². The second-order valence-electron chi connectivity index (χ2n) is 14.4. The molecule has 2 aliphatic rings. The zero-order valence-corrected chi connectivity index (χ0v) is 34.4. The van der Waals surface area contributed by atoms with Crippen molar-refractivity contribution in [1.29, 1.82) is 0 Å². The number of alkyl halides is 3. The van der Waals surface area contributed by atoms with E-state index < -0.39 is 47.9 Å². The fraction of sp³-hybridized carbons (Fsp3) is 0.487. The van der Waals surface area contributed by atoms with Crippen LogP contribution in [0.4, 0.5) is 14.0 Å². The van der Waals surface area contributed by atoms with Crippen molar-refractivity contribution in [3.8, 4) is 23.7 Å². The van der Waals surface area contributed by atoms with Crippen LogP contribution in [0.2, 0.25) is 0 Å². The normalized spacial score (nSPS) is 20.4. The van der Waals surface area contributed by atoms with Gasteiger partial charge in [-0.1, -0.05) is 26.7 Å². The zero-order chi connectivity index (χ0) is 40.0. The summed E-state index contributed by atoms with van der Waals surface area (Å²) in [6.45, 7) is 8.90. The van der Waals surface area contributed by atoms with Gasteiger partial charge < -0.3 is 19.9 Å². The molecule has 0 bridgehead atoms. The van der Waals surface area contributed by atoms with E-state index in [2.05, 4.69) is 68.1 Å². The van der Waals surface area contributed by atoms with Crippen molar-refractivity contribution in [3.63, 3.8) is 0 Å². The van der Waals surface area contributed by atoms with Crippen molar-refractivity contribution in [2.75, 3.05) is 37.2 Å². The van der Waals surface area contributed by atoms with E-state index in [0.717, 1.165) is 0 Å². The van der Waals surface area contributed by atoms with E-state index in [1.165, 1.54) is 20.3 Å². The number of benzene rings is 1. The number of carbonyl (C=O) groups is 4. The number of H-pyrrole nitrogens is 2. The molecule has 14 nitrogen and oxygen atoms in total. The Morgan fingerprint density at radius 1 is 0.836 bits per heavy atom. The van der Waals surface area contributed by atoms with Crippen LogP contribution in [-0.4, -0.2) is 101 Å². The SMILES string of the molecule is COC(=O)N[C@H](C(=O)N1C[C@@H](C)C[C@H]1c1ncc(C#Cc2ccc(C#Cc3cnc([C@@H]4C[C@H](C)CN4C(=O)[C@@H](NC(=O)OC)I(C)C)[nH]3)c(F)c2)[nH]1)C(C)C. The molecule has 294 valence electrons. The first-order valence-corrected chi connectivity index (χ1v) is 23.5. The molecule has 0 saturated carbocycles. The molecular weight excluding hydrogens is 822 g/mol. The smallest absolute Gasteiger partial charge is 0.334 e. The summed E-state index contributed by atoms with van der Waals surface area (Å²) in [6, 6.07) is 3.16. The molecule has 6 atom stereocenters. The van der Waals surface area contributed by atoms with Crippen LogP contribution in [-0.2, 0) is 19.1 Å². The topological polar surface area (TPSA) is 175 Å². The van der Waals surface area contributed by atoms with Crippen LogP contribution < -0.4 is 10.6 Å². The van der Waals surface area contributed by atoms with Gasteiger partial charge in [0, 0.05) is 12.1 Å². The van der Waals surface area contributed by atoms with E-state index in [1.54, 1.807) is 34.3 Å². The van der Waals surface area contributed by atoms with Crippen LogP contribution in [0.3, 0.4) is 0 Å². The molecule has 4 heterocycles. The minimum Gasteiger partial charge on any atom is -0.334 e. The van der Waals surface area contributed by atoms with Gasteiger partial charge in [-0.15, -0.1) is 0 Å². The Morgan fingerprint density at radius 3 is 1.87 bits per heavy atom. The Bertz CT molecular complexity index is 2030. The number of aromatic nitrogens is 4. The van der Waals surface area contributed by atoms with E-state index in [4.69, 9.17) is 9.47 Å². The first kappa shape index (κ1) is 41.1. The molecular formula is C39H48FIN8O6.